The van der Waals surface area contributed by atoms with Crippen molar-refractivity contribution in [2.24, 2.45) is 0 Å². The Morgan fingerprint density at radius 2 is 2.23 bits per heavy atom. The van der Waals surface area contributed by atoms with Crippen LogP contribution in [-0.4, -0.2) is 22.0 Å². The number of anilines is 1. The quantitative estimate of drug-likeness (QED) is 0.624. The highest BCUT2D eigenvalue weighted by atomic mass is 16.2. The average Bonchev–Trinajstić information content (AvgIpc) is 2.63. The standard InChI is InChI=1S/C8H7N3O2/c1-5-2-7(12)11(8(5)13)6-3-9-10-4-6/h2-4H,1H3,(H,9,10). The second-order valence-electron chi connectivity index (χ2n) is 2.76. The Kier molecular flexibility index (Phi) is 1.51. The molecule has 0 saturated carbocycles. The molecular formula is C8H7N3O2. The van der Waals surface area contributed by atoms with Gasteiger partial charge < -0.3 is 0 Å². The van der Waals surface area contributed by atoms with Gasteiger partial charge in [-0.25, -0.2) is 4.90 Å². The first-order chi connectivity index (χ1) is 6.20. The molecule has 0 saturated heterocycles. The van der Waals surface area contributed by atoms with E-state index < -0.39 is 0 Å². The molecule has 2 rings (SSSR count). The van der Waals surface area contributed by atoms with Crippen molar-refractivity contribution in [2.75, 3.05) is 4.90 Å². The van der Waals surface area contributed by atoms with Crippen LogP contribution in [0.4, 0.5) is 5.69 Å². The lowest BCUT2D eigenvalue weighted by Gasteiger charge is -2.10. The number of imide groups is 1. The highest BCUT2D eigenvalue weighted by Gasteiger charge is 2.30. The van der Waals surface area contributed by atoms with Crippen LogP contribution in [0.25, 0.3) is 0 Å². The molecular weight excluding hydrogens is 170 g/mol. The number of nitrogens with zero attached hydrogens (tertiary/aromatic N) is 2. The van der Waals surface area contributed by atoms with Gasteiger partial charge in [-0.1, -0.05) is 0 Å². The number of hydrogen-bond donors (Lipinski definition) is 1. The maximum absolute atomic E-state index is 11.4. The summed E-state index contributed by atoms with van der Waals surface area (Å²) in [7, 11) is 0. The van der Waals surface area contributed by atoms with Crippen molar-refractivity contribution < 1.29 is 9.59 Å². The van der Waals surface area contributed by atoms with E-state index in [-0.39, 0.29) is 11.8 Å². The van der Waals surface area contributed by atoms with Crippen LogP contribution in [-0.2, 0) is 9.59 Å². The fourth-order valence-corrected chi connectivity index (χ4v) is 1.20. The topological polar surface area (TPSA) is 66.1 Å². The van der Waals surface area contributed by atoms with Crippen LogP contribution in [0, 0.1) is 0 Å². The van der Waals surface area contributed by atoms with Gasteiger partial charge in [-0.3, -0.25) is 14.7 Å². The number of aromatic amines is 1. The first kappa shape index (κ1) is 7.72. The Balaban J connectivity index is 2.39. The van der Waals surface area contributed by atoms with E-state index in [0.29, 0.717) is 11.3 Å². The van der Waals surface area contributed by atoms with Gasteiger partial charge >= 0.3 is 0 Å². The zero-order valence-corrected chi connectivity index (χ0v) is 6.94. The number of nitrogens with one attached hydrogen (secondary N) is 1. The lowest BCUT2D eigenvalue weighted by Crippen LogP contribution is -2.30. The Hall–Kier alpha value is -1.91. The van der Waals surface area contributed by atoms with Crippen LogP contribution >= 0.6 is 0 Å². The van der Waals surface area contributed by atoms with E-state index in [1.165, 1.54) is 18.5 Å². The zero-order chi connectivity index (χ0) is 9.42. The summed E-state index contributed by atoms with van der Waals surface area (Å²) >= 11 is 0. The summed E-state index contributed by atoms with van der Waals surface area (Å²) < 4.78 is 0. The molecule has 66 valence electrons. The van der Waals surface area contributed by atoms with Crippen LogP contribution < -0.4 is 4.90 Å². The second kappa shape index (κ2) is 2.55. The number of hydrogen-bond acceptors (Lipinski definition) is 3. The van der Waals surface area contributed by atoms with Crippen molar-refractivity contribution in [3.05, 3.63) is 24.0 Å². The summed E-state index contributed by atoms with van der Waals surface area (Å²) in [6.07, 6.45) is 4.25. The Morgan fingerprint density at radius 3 is 2.69 bits per heavy atom. The number of H-pyrrole nitrogens is 1. The first-order valence-corrected chi connectivity index (χ1v) is 3.75. The van der Waals surface area contributed by atoms with E-state index in [2.05, 4.69) is 10.2 Å². The molecule has 1 aromatic rings. The predicted octanol–water partition coefficient (Wildman–Crippen LogP) is 0.229. The third-order valence-corrected chi connectivity index (χ3v) is 1.84. The average molecular weight is 177 g/mol. The molecule has 0 aromatic carbocycles. The number of aromatic nitrogens is 2. The zero-order valence-electron chi connectivity index (χ0n) is 6.94. The Labute approximate surface area is 74.0 Å². The summed E-state index contributed by atoms with van der Waals surface area (Å²) in [5.41, 5.74) is 0.925. The first-order valence-electron chi connectivity index (χ1n) is 3.75. The van der Waals surface area contributed by atoms with Crippen molar-refractivity contribution in [3.63, 3.8) is 0 Å². The van der Waals surface area contributed by atoms with E-state index in [0.717, 1.165) is 4.90 Å². The molecule has 0 spiro atoms. The van der Waals surface area contributed by atoms with Gasteiger partial charge in [0.1, 0.15) is 0 Å². The molecule has 1 aliphatic heterocycles. The SMILES string of the molecule is CC1=CC(=O)N(c2cn[nH]c2)C1=O. The Morgan fingerprint density at radius 1 is 1.46 bits per heavy atom. The van der Waals surface area contributed by atoms with Crippen LogP contribution in [0.2, 0.25) is 0 Å². The number of rotatable bonds is 1. The maximum atomic E-state index is 11.4. The van der Waals surface area contributed by atoms with E-state index in [4.69, 9.17) is 0 Å². The molecule has 0 bridgehead atoms. The van der Waals surface area contributed by atoms with Gasteiger partial charge in [0.15, 0.2) is 0 Å². The molecule has 5 heteroatoms. The van der Waals surface area contributed by atoms with Crippen molar-refractivity contribution in [1.29, 1.82) is 0 Å². The van der Waals surface area contributed by atoms with E-state index in [1.807, 2.05) is 0 Å². The van der Waals surface area contributed by atoms with Crippen molar-refractivity contribution in [1.82, 2.24) is 10.2 Å². The second-order valence-corrected chi connectivity index (χ2v) is 2.76. The van der Waals surface area contributed by atoms with E-state index >= 15 is 0 Å². The lowest BCUT2D eigenvalue weighted by molar-refractivity contribution is -0.120. The number of amides is 2. The largest absolute Gasteiger partial charge is 0.284 e. The fraction of sp³-hybridized carbons (Fsp3) is 0.125. The summed E-state index contributed by atoms with van der Waals surface area (Å²) in [5.74, 6) is -0.602. The molecule has 13 heavy (non-hydrogen) atoms. The van der Waals surface area contributed by atoms with Crippen molar-refractivity contribution in [3.8, 4) is 0 Å². The maximum Gasteiger partial charge on any atom is 0.261 e. The molecule has 2 amide bonds. The third kappa shape index (κ3) is 1.05. The molecule has 1 aliphatic rings. The molecule has 0 radical (unpaired) electrons. The normalized spacial score (nSPS) is 16.7. The lowest BCUT2D eigenvalue weighted by atomic mass is 10.3. The molecule has 1 aromatic heterocycles. The molecule has 0 atom stereocenters. The van der Waals surface area contributed by atoms with Crippen LogP contribution in [0.15, 0.2) is 24.0 Å². The van der Waals surface area contributed by atoms with E-state index in [9.17, 15) is 9.59 Å². The summed E-state index contributed by atoms with van der Waals surface area (Å²) in [6.45, 7) is 1.61. The van der Waals surface area contributed by atoms with Gasteiger partial charge in [0.25, 0.3) is 11.8 Å². The van der Waals surface area contributed by atoms with Gasteiger partial charge in [-0.15, -0.1) is 0 Å². The van der Waals surface area contributed by atoms with Gasteiger partial charge in [-0.05, 0) is 6.92 Å². The van der Waals surface area contributed by atoms with Crippen molar-refractivity contribution >= 4 is 17.5 Å². The minimum atomic E-state index is -0.316. The number of carbonyl (C=O) groups is 2. The molecule has 2 heterocycles. The van der Waals surface area contributed by atoms with Crippen LogP contribution in [0.3, 0.4) is 0 Å². The third-order valence-electron chi connectivity index (χ3n) is 1.84. The van der Waals surface area contributed by atoms with E-state index in [1.54, 1.807) is 6.92 Å². The monoisotopic (exact) mass is 177 g/mol. The molecule has 5 nitrogen and oxygen atoms in total. The molecule has 1 N–H and O–H groups in total. The minimum Gasteiger partial charge on any atom is -0.284 e. The molecule has 0 fully saturated rings. The Bertz CT molecular complexity index is 392. The highest BCUT2D eigenvalue weighted by Crippen LogP contribution is 2.20. The van der Waals surface area contributed by atoms with Crippen molar-refractivity contribution in [2.45, 2.75) is 6.92 Å². The molecule has 0 unspecified atom stereocenters. The van der Waals surface area contributed by atoms with Crippen LogP contribution in [0.1, 0.15) is 6.92 Å². The summed E-state index contributed by atoms with van der Waals surface area (Å²) in [5, 5.41) is 6.21. The minimum absolute atomic E-state index is 0.286. The fourth-order valence-electron chi connectivity index (χ4n) is 1.20. The van der Waals surface area contributed by atoms with Gasteiger partial charge in [0.05, 0.1) is 11.9 Å². The predicted molar refractivity (Wildman–Crippen MR) is 44.8 cm³/mol. The summed E-state index contributed by atoms with van der Waals surface area (Å²) in [6, 6.07) is 0. The van der Waals surface area contributed by atoms with Crippen LogP contribution in [0.5, 0.6) is 0 Å². The summed E-state index contributed by atoms with van der Waals surface area (Å²) in [4.78, 5) is 23.8. The smallest absolute Gasteiger partial charge is 0.261 e. The highest BCUT2D eigenvalue weighted by molar-refractivity contribution is 6.30. The van der Waals surface area contributed by atoms with Gasteiger partial charge in [-0.2, -0.15) is 5.10 Å². The van der Waals surface area contributed by atoms with Gasteiger partial charge in [0, 0.05) is 17.8 Å². The molecule has 0 aliphatic carbocycles. The number of carbonyl (C=O) groups excluding carboxylic acids is 2. The van der Waals surface area contributed by atoms with Gasteiger partial charge in [0.2, 0.25) is 0 Å².